The molecule has 5 heteroatoms. The molecule has 3 atom stereocenters. The summed E-state index contributed by atoms with van der Waals surface area (Å²) in [5.74, 6) is 0.0275. The summed E-state index contributed by atoms with van der Waals surface area (Å²) in [5.41, 5.74) is 0. The van der Waals surface area contributed by atoms with Crippen LogP contribution in [0.25, 0.3) is 0 Å². The SMILES string of the molecule is CC(=O)OC1NC[C@H]1[C@@H](C)O[Si](C)(C)C(C)(C)C. The van der Waals surface area contributed by atoms with Gasteiger partial charge >= 0.3 is 5.97 Å². The van der Waals surface area contributed by atoms with E-state index in [9.17, 15) is 4.79 Å². The first-order chi connectivity index (χ1) is 8.04. The minimum absolute atomic E-state index is 0.122. The van der Waals surface area contributed by atoms with Crippen molar-refractivity contribution >= 4 is 14.3 Å². The largest absolute Gasteiger partial charge is 0.446 e. The second-order valence-electron chi connectivity index (χ2n) is 6.69. The average molecular weight is 273 g/mol. The number of hydrogen-bond acceptors (Lipinski definition) is 4. The smallest absolute Gasteiger partial charge is 0.304 e. The van der Waals surface area contributed by atoms with Crippen molar-refractivity contribution in [3.05, 3.63) is 0 Å². The summed E-state index contributed by atoms with van der Waals surface area (Å²) < 4.78 is 11.5. The Morgan fingerprint density at radius 3 is 2.28 bits per heavy atom. The Kier molecular flexibility index (Phi) is 4.62. The van der Waals surface area contributed by atoms with E-state index in [4.69, 9.17) is 9.16 Å². The number of esters is 1. The van der Waals surface area contributed by atoms with E-state index in [2.05, 4.69) is 46.1 Å². The minimum Gasteiger partial charge on any atom is -0.446 e. The first-order valence-electron chi connectivity index (χ1n) is 6.63. The van der Waals surface area contributed by atoms with E-state index >= 15 is 0 Å². The van der Waals surface area contributed by atoms with E-state index in [0.29, 0.717) is 0 Å². The lowest BCUT2D eigenvalue weighted by molar-refractivity contribution is -0.161. The van der Waals surface area contributed by atoms with Crippen LogP contribution in [0.5, 0.6) is 0 Å². The molecular formula is C13H27NO3Si. The van der Waals surface area contributed by atoms with Crippen LogP contribution in [0.1, 0.15) is 34.6 Å². The Balaban J connectivity index is 2.56. The molecule has 0 saturated carbocycles. The van der Waals surface area contributed by atoms with Crippen molar-refractivity contribution in [2.45, 2.75) is 65.1 Å². The summed E-state index contributed by atoms with van der Waals surface area (Å²) in [6.07, 6.45) is -0.0567. The van der Waals surface area contributed by atoms with Crippen molar-refractivity contribution in [3.8, 4) is 0 Å². The van der Waals surface area contributed by atoms with Gasteiger partial charge in [-0.3, -0.25) is 10.1 Å². The summed E-state index contributed by atoms with van der Waals surface area (Å²) in [5, 5.41) is 3.33. The minimum atomic E-state index is -1.75. The molecule has 0 aliphatic carbocycles. The van der Waals surface area contributed by atoms with E-state index in [1.54, 1.807) is 0 Å². The second-order valence-corrected chi connectivity index (χ2v) is 11.4. The number of ether oxygens (including phenoxy) is 1. The van der Waals surface area contributed by atoms with Crippen molar-refractivity contribution in [1.29, 1.82) is 0 Å². The molecule has 1 heterocycles. The van der Waals surface area contributed by atoms with E-state index in [1.807, 2.05) is 0 Å². The quantitative estimate of drug-likeness (QED) is 0.631. The van der Waals surface area contributed by atoms with E-state index < -0.39 is 8.32 Å². The van der Waals surface area contributed by atoms with Crippen molar-refractivity contribution in [3.63, 3.8) is 0 Å². The van der Waals surface area contributed by atoms with Gasteiger partial charge in [-0.05, 0) is 25.1 Å². The molecule has 1 saturated heterocycles. The number of nitrogens with one attached hydrogen (secondary N) is 1. The summed E-state index contributed by atoms with van der Waals surface area (Å²) in [6.45, 7) is 15.6. The molecule has 0 amide bonds. The highest BCUT2D eigenvalue weighted by Crippen LogP contribution is 2.38. The fraction of sp³-hybridized carbons (Fsp3) is 0.923. The summed E-state index contributed by atoms with van der Waals surface area (Å²) in [4.78, 5) is 11.0. The standard InChI is InChI=1S/C13H27NO3Si/c1-9(17-18(6,7)13(3,4)5)11-8-14-12(11)16-10(2)15/h9,11-12,14H,8H2,1-7H3/t9-,11+,12?/m1/s1. The van der Waals surface area contributed by atoms with Gasteiger partial charge in [-0.15, -0.1) is 0 Å². The van der Waals surface area contributed by atoms with Gasteiger partial charge in [0.2, 0.25) is 0 Å². The number of rotatable bonds is 4. The lowest BCUT2D eigenvalue weighted by Crippen LogP contribution is -2.61. The molecule has 18 heavy (non-hydrogen) atoms. The fourth-order valence-electron chi connectivity index (χ4n) is 1.80. The van der Waals surface area contributed by atoms with Gasteiger partial charge in [-0.1, -0.05) is 20.8 Å². The first-order valence-corrected chi connectivity index (χ1v) is 9.54. The first kappa shape index (κ1) is 15.7. The number of hydrogen-bond donors (Lipinski definition) is 1. The molecule has 0 radical (unpaired) electrons. The van der Waals surface area contributed by atoms with Crippen molar-refractivity contribution in [2.75, 3.05) is 6.54 Å². The summed E-state index contributed by atoms with van der Waals surface area (Å²) in [7, 11) is -1.75. The number of carbonyl (C=O) groups excluding carboxylic acids is 1. The van der Waals surface area contributed by atoms with Gasteiger partial charge in [0.15, 0.2) is 14.5 Å². The third-order valence-electron chi connectivity index (χ3n) is 4.13. The van der Waals surface area contributed by atoms with Gasteiger partial charge in [0.05, 0.1) is 6.10 Å². The third-order valence-corrected chi connectivity index (χ3v) is 8.70. The third kappa shape index (κ3) is 3.55. The Bertz CT molecular complexity index is 312. The lowest BCUT2D eigenvalue weighted by atomic mass is 9.95. The molecule has 1 unspecified atom stereocenters. The molecule has 0 spiro atoms. The van der Waals surface area contributed by atoms with Crippen molar-refractivity contribution in [1.82, 2.24) is 5.32 Å². The lowest BCUT2D eigenvalue weighted by Gasteiger charge is -2.45. The van der Waals surface area contributed by atoms with Crippen LogP contribution in [0.15, 0.2) is 0 Å². The molecular weight excluding hydrogens is 246 g/mol. The monoisotopic (exact) mass is 273 g/mol. The van der Waals surface area contributed by atoms with E-state index in [1.165, 1.54) is 6.92 Å². The van der Waals surface area contributed by atoms with Gasteiger partial charge in [0.1, 0.15) is 0 Å². The highest BCUT2D eigenvalue weighted by molar-refractivity contribution is 6.74. The van der Waals surface area contributed by atoms with Gasteiger partial charge in [-0.2, -0.15) is 0 Å². The maximum Gasteiger partial charge on any atom is 0.304 e. The highest BCUT2D eigenvalue weighted by atomic mass is 28.4. The molecule has 4 nitrogen and oxygen atoms in total. The van der Waals surface area contributed by atoms with E-state index in [0.717, 1.165) is 6.54 Å². The molecule has 0 aromatic rings. The Hall–Kier alpha value is -0.393. The van der Waals surface area contributed by atoms with Gasteiger partial charge < -0.3 is 9.16 Å². The molecule has 1 fully saturated rings. The van der Waals surface area contributed by atoms with Crippen LogP contribution in [0.3, 0.4) is 0 Å². The Labute approximate surface area is 112 Å². The van der Waals surface area contributed by atoms with Crippen LogP contribution in [0.4, 0.5) is 0 Å². The molecule has 1 aliphatic rings. The van der Waals surface area contributed by atoms with Crippen LogP contribution >= 0.6 is 0 Å². The van der Waals surface area contributed by atoms with Gasteiger partial charge in [0.25, 0.3) is 0 Å². The molecule has 0 bridgehead atoms. The predicted molar refractivity (Wildman–Crippen MR) is 74.8 cm³/mol. The second kappa shape index (κ2) is 5.31. The molecule has 0 aromatic heterocycles. The summed E-state index contributed by atoms with van der Waals surface area (Å²) in [6, 6.07) is 0. The van der Waals surface area contributed by atoms with E-state index in [-0.39, 0.29) is 29.3 Å². The van der Waals surface area contributed by atoms with Crippen molar-refractivity contribution < 1.29 is 14.0 Å². The fourth-order valence-corrected chi connectivity index (χ4v) is 3.26. The van der Waals surface area contributed by atoms with Gasteiger partial charge in [-0.25, -0.2) is 0 Å². The zero-order chi connectivity index (χ0) is 14.1. The zero-order valence-corrected chi connectivity index (χ0v) is 13.7. The predicted octanol–water partition coefficient (Wildman–Crippen LogP) is 2.51. The molecule has 1 N–H and O–H groups in total. The zero-order valence-electron chi connectivity index (χ0n) is 12.7. The normalized spacial score (nSPS) is 26.4. The number of carbonyl (C=O) groups is 1. The van der Waals surface area contributed by atoms with Gasteiger partial charge in [0, 0.05) is 19.4 Å². The molecule has 0 aromatic carbocycles. The maximum atomic E-state index is 11.0. The van der Waals surface area contributed by atoms with Crippen LogP contribution in [-0.4, -0.2) is 33.2 Å². The highest BCUT2D eigenvalue weighted by Gasteiger charge is 2.44. The molecule has 106 valence electrons. The van der Waals surface area contributed by atoms with Crippen LogP contribution in [0, 0.1) is 5.92 Å². The molecule has 1 rings (SSSR count). The topological polar surface area (TPSA) is 47.6 Å². The van der Waals surface area contributed by atoms with Crippen molar-refractivity contribution in [2.24, 2.45) is 5.92 Å². The Morgan fingerprint density at radius 1 is 1.39 bits per heavy atom. The van der Waals surface area contributed by atoms with Crippen LogP contribution in [0.2, 0.25) is 18.1 Å². The van der Waals surface area contributed by atoms with Crippen LogP contribution in [-0.2, 0) is 14.0 Å². The average Bonchev–Trinajstić information content (AvgIpc) is 2.09. The summed E-state index contributed by atoms with van der Waals surface area (Å²) >= 11 is 0. The molecule has 1 aliphatic heterocycles. The Morgan fingerprint density at radius 2 is 1.94 bits per heavy atom. The maximum absolute atomic E-state index is 11.0. The van der Waals surface area contributed by atoms with Crippen LogP contribution < -0.4 is 5.32 Å².